The molecule has 0 aliphatic heterocycles. The van der Waals surface area contributed by atoms with Crippen LogP contribution in [-0.4, -0.2) is 26.7 Å². The van der Waals surface area contributed by atoms with E-state index in [1.165, 1.54) is 12.1 Å². The number of nitrogens with zero attached hydrogens (tertiary/aromatic N) is 4. The second kappa shape index (κ2) is 8.56. The van der Waals surface area contributed by atoms with Crippen molar-refractivity contribution >= 4 is 28.2 Å². The van der Waals surface area contributed by atoms with Gasteiger partial charge in [0.15, 0.2) is 0 Å². The Bertz CT molecular complexity index is 1530. The number of amides is 2. The van der Waals surface area contributed by atoms with Crippen LogP contribution in [0.3, 0.4) is 0 Å². The molecule has 174 valence electrons. The highest BCUT2D eigenvalue weighted by atomic mass is 19.4. The summed E-state index contributed by atoms with van der Waals surface area (Å²) in [6, 6.07) is 22.4. The maximum atomic E-state index is 13.3. The average molecular weight is 474 g/mol. The van der Waals surface area contributed by atoms with Gasteiger partial charge in [0, 0.05) is 5.56 Å². The van der Waals surface area contributed by atoms with Crippen LogP contribution < -0.4 is 10.6 Å². The van der Waals surface area contributed by atoms with Crippen LogP contribution in [0.2, 0.25) is 0 Å². The molecular formula is C25H17F3N6O. The van der Waals surface area contributed by atoms with Gasteiger partial charge in [-0.2, -0.15) is 18.4 Å². The van der Waals surface area contributed by atoms with Gasteiger partial charge in [-0.1, -0.05) is 48.5 Å². The second-order valence-electron chi connectivity index (χ2n) is 7.75. The minimum absolute atomic E-state index is 0.0458. The van der Waals surface area contributed by atoms with E-state index < -0.39 is 17.8 Å². The molecule has 0 aliphatic rings. The fourth-order valence-corrected chi connectivity index (χ4v) is 3.94. The summed E-state index contributed by atoms with van der Waals surface area (Å²) in [6.45, 7) is 0. The van der Waals surface area contributed by atoms with Crippen LogP contribution in [0.15, 0.2) is 84.9 Å². The highest BCUT2D eigenvalue weighted by molar-refractivity contribution is 6.02. The molecule has 0 atom stereocenters. The van der Waals surface area contributed by atoms with E-state index in [2.05, 4.69) is 20.6 Å². The number of rotatable bonds is 4. The number of carbonyl (C=O) groups excluding carboxylic acids is 1. The summed E-state index contributed by atoms with van der Waals surface area (Å²) in [7, 11) is 0. The molecular weight excluding hydrogens is 457 g/mol. The van der Waals surface area contributed by atoms with Crippen LogP contribution in [0.1, 0.15) is 5.56 Å². The molecule has 0 spiro atoms. The standard InChI is InChI=1S/C25H17F3N6O/c26-25(27,28)19-6-3-7-20(14-19)34(24(29)35)22-11-10-18(13-21(22)23-30-32-33-31-23)17-9-8-15-4-1-2-5-16(15)12-17/h1-14H,(H2,29,35)(H,30,31,32,33). The Balaban J connectivity index is 1.67. The molecule has 0 bridgehead atoms. The number of anilines is 2. The Labute approximate surface area is 197 Å². The van der Waals surface area contributed by atoms with Gasteiger partial charge in [-0.25, -0.2) is 4.79 Å². The van der Waals surface area contributed by atoms with Gasteiger partial charge in [0.2, 0.25) is 5.82 Å². The van der Waals surface area contributed by atoms with Gasteiger partial charge in [0.25, 0.3) is 0 Å². The van der Waals surface area contributed by atoms with Crippen molar-refractivity contribution < 1.29 is 18.0 Å². The van der Waals surface area contributed by atoms with Crippen LogP contribution in [0, 0.1) is 0 Å². The maximum absolute atomic E-state index is 13.3. The second-order valence-corrected chi connectivity index (χ2v) is 7.75. The van der Waals surface area contributed by atoms with Crippen LogP contribution in [-0.2, 0) is 6.18 Å². The monoisotopic (exact) mass is 474 g/mol. The first-order valence-electron chi connectivity index (χ1n) is 10.4. The third-order valence-electron chi connectivity index (χ3n) is 5.56. The molecule has 4 aromatic carbocycles. The molecule has 0 saturated heterocycles. The number of aromatic nitrogens is 4. The molecule has 0 fully saturated rings. The lowest BCUT2D eigenvalue weighted by Crippen LogP contribution is -2.32. The number of aromatic amines is 1. The van der Waals surface area contributed by atoms with E-state index in [4.69, 9.17) is 5.73 Å². The number of primary amides is 1. The van der Waals surface area contributed by atoms with Gasteiger partial charge >= 0.3 is 12.2 Å². The zero-order valence-electron chi connectivity index (χ0n) is 18.0. The third-order valence-corrected chi connectivity index (χ3v) is 5.56. The number of benzene rings is 4. The Hall–Kier alpha value is -4.73. The fraction of sp³-hybridized carbons (Fsp3) is 0.0400. The molecule has 35 heavy (non-hydrogen) atoms. The number of halogens is 3. The molecule has 2 amide bonds. The lowest BCUT2D eigenvalue weighted by atomic mass is 9.98. The van der Waals surface area contributed by atoms with Gasteiger partial charge in [0.05, 0.1) is 16.9 Å². The zero-order chi connectivity index (χ0) is 24.6. The molecule has 10 heteroatoms. The number of fused-ring (bicyclic) bond motifs is 1. The summed E-state index contributed by atoms with van der Waals surface area (Å²) >= 11 is 0. The van der Waals surface area contributed by atoms with Crippen molar-refractivity contribution in [3.05, 3.63) is 90.5 Å². The number of urea groups is 1. The number of H-pyrrole nitrogens is 1. The number of nitrogens with two attached hydrogens (primary N) is 1. The van der Waals surface area contributed by atoms with Crippen molar-refractivity contribution in [2.24, 2.45) is 5.73 Å². The van der Waals surface area contributed by atoms with E-state index in [0.29, 0.717) is 5.56 Å². The smallest absolute Gasteiger partial charge is 0.351 e. The Kier molecular flexibility index (Phi) is 5.40. The number of alkyl halides is 3. The summed E-state index contributed by atoms with van der Waals surface area (Å²) < 4.78 is 40.0. The number of tetrazole rings is 1. The van der Waals surface area contributed by atoms with Gasteiger partial charge in [-0.15, -0.1) is 10.2 Å². The van der Waals surface area contributed by atoms with E-state index in [9.17, 15) is 18.0 Å². The SMILES string of the molecule is NC(=O)N(c1cccc(C(F)(F)F)c1)c1ccc(-c2ccc3ccccc3c2)cc1-c1nn[nH]n1. The lowest BCUT2D eigenvalue weighted by molar-refractivity contribution is -0.137. The predicted octanol–water partition coefficient (Wildman–Crippen LogP) is 5.92. The van der Waals surface area contributed by atoms with Crippen molar-refractivity contribution in [1.29, 1.82) is 0 Å². The topological polar surface area (TPSA) is 101 Å². The first-order chi connectivity index (χ1) is 16.8. The third kappa shape index (κ3) is 4.29. The zero-order valence-corrected chi connectivity index (χ0v) is 18.0. The predicted molar refractivity (Wildman–Crippen MR) is 126 cm³/mol. The summed E-state index contributed by atoms with van der Waals surface area (Å²) in [5.74, 6) is 0.154. The molecule has 7 nitrogen and oxygen atoms in total. The van der Waals surface area contributed by atoms with Crippen LogP contribution in [0.4, 0.5) is 29.3 Å². The highest BCUT2D eigenvalue weighted by Crippen LogP contribution is 2.39. The molecule has 0 saturated carbocycles. The minimum Gasteiger partial charge on any atom is -0.351 e. The van der Waals surface area contributed by atoms with Gasteiger partial charge < -0.3 is 5.73 Å². The van der Waals surface area contributed by atoms with E-state index in [1.54, 1.807) is 18.2 Å². The molecule has 5 rings (SSSR count). The fourth-order valence-electron chi connectivity index (χ4n) is 3.94. The first kappa shape index (κ1) is 22.1. The summed E-state index contributed by atoms with van der Waals surface area (Å²) in [4.78, 5) is 13.5. The molecule has 3 N–H and O–H groups in total. The maximum Gasteiger partial charge on any atom is 0.416 e. The summed E-state index contributed by atoms with van der Waals surface area (Å²) in [6.07, 6.45) is -4.59. The number of hydrogen-bond donors (Lipinski definition) is 2. The largest absolute Gasteiger partial charge is 0.416 e. The van der Waals surface area contributed by atoms with Crippen LogP contribution >= 0.6 is 0 Å². The quantitative estimate of drug-likeness (QED) is 0.337. The van der Waals surface area contributed by atoms with E-state index in [-0.39, 0.29) is 17.2 Å². The van der Waals surface area contributed by atoms with E-state index in [1.807, 2.05) is 42.5 Å². The van der Waals surface area contributed by atoms with Crippen molar-refractivity contribution in [2.45, 2.75) is 6.18 Å². The average Bonchev–Trinajstić information content (AvgIpc) is 3.38. The van der Waals surface area contributed by atoms with Crippen molar-refractivity contribution in [1.82, 2.24) is 20.6 Å². The van der Waals surface area contributed by atoms with E-state index >= 15 is 0 Å². The van der Waals surface area contributed by atoms with Crippen LogP contribution in [0.5, 0.6) is 0 Å². The normalized spacial score (nSPS) is 11.5. The minimum atomic E-state index is -4.59. The Morgan fingerprint density at radius 1 is 0.857 bits per heavy atom. The number of nitrogens with one attached hydrogen (secondary N) is 1. The molecule has 0 unspecified atom stereocenters. The van der Waals surface area contributed by atoms with Crippen LogP contribution in [0.25, 0.3) is 33.3 Å². The Morgan fingerprint density at radius 2 is 1.60 bits per heavy atom. The molecule has 0 aliphatic carbocycles. The molecule has 5 aromatic rings. The van der Waals surface area contributed by atoms with E-state index in [0.717, 1.165) is 38.9 Å². The van der Waals surface area contributed by atoms with Crippen molar-refractivity contribution in [2.75, 3.05) is 4.90 Å². The summed E-state index contributed by atoms with van der Waals surface area (Å²) in [5, 5.41) is 16.1. The lowest BCUT2D eigenvalue weighted by Gasteiger charge is -2.24. The van der Waals surface area contributed by atoms with Gasteiger partial charge in [-0.3, -0.25) is 4.90 Å². The summed E-state index contributed by atoms with van der Waals surface area (Å²) in [5.41, 5.74) is 6.93. The highest BCUT2D eigenvalue weighted by Gasteiger charge is 2.32. The molecule has 0 radical (unpaired) electrons. The number of hydrogen-bond acceptors (Lipinski definition) is 4. The van der Waals surface area contributed by atoms with Crippen molar-refractivity contribution in [3.63, 3.8) is 0 Å². The van der Waals surface area contributed by atoms with Gasteiger partial charge in [0.1, 0.15) is 0 Å². The van der Waals surface area contributed by atoms with Crippen molar-refractivity contribution in [3.8, 4) is 22.5 Å². The first-order valence-corrected chi connectivity index (χ1v) is 10.4. The molecule has 1 heterocycles. The van der Waals surface area contributed by atoms with Gasteiger partial charge in [-0.05, 0) is 63.5 Å². The Morgan fingerprint density at radius 3 is 2.31 bits per heavy atom. The number of carbonyl (C=O) groups is 1. The molecule has 1 aromatic heterocycles.